The Labute approximate surface area is 185 Å². The predicted octanol–water partition coefficient (Wildman–Crippen LogP) is 2.73. The van der Waals surface area contributed by atoms with Crippen LogP contribution in [0.3, 0.4) is 0 Å². The van der Waals surface area contributed by atoms with Crippen molar-refractivity contribution in [3.8, 4) is 11.5 Å². The van der Waals surface area contributed by atoms with E-state index in [0.717, 1.165) is 62.9 Å². The summed E-state index contributed by atoms with van der Waals surface area (Å²) in [6, 6.07) is 7.90. The van der Waals surface area contributed by atoms with Crippen molar-refractivity contribution in [2.45, 2.75) is 33.6 Å². The minimum Gasteiger partial charge on any atom is -0.354 e. The van der Waals surface area contributed by atoms with Crippen LogP contribution in [0.4, 0.5) is 5.82 Å². The lowest BCUT2D eigenvalue weighted by Gasteiger charge is -2.38. The van der Waals surface area contributed by atoms with Crippen LogP contribution in [0.2, 0.25) is 0 Å². The SMILES string of the molecule is CCc1cc(N2CCN(CC(=O)N3CC(C)CC(C)C3)CC2)nc(-c2ccccn2)n1. The number of carbonyl (C=O) groups is 1. The molecular weight excluding hydrogens is 388 g/mol. The molecule has 0 saturated carbocycles. The van der Waals surface area contributed by atoms with Crippen molar-refractivity contribution in [1.82, 2.24) is 24.8 Å². The summed E-state index contributed by atoms with van der Waals surface area (Å²) < 4.78 is 0. The normalized spacial score (nSPS) is 22.5. The first-order chi connectivity index (χ1) is 15.0. The van der Waals surface area contributed by atoms with Crippen LogP contribution in [0, 0.1) is 11.8 Å². The van der Waals surface area contributed by atoms with Gasteiger partial charge in [-0.2, -0.15) is 0 Å². The molecule has 7 heteroatoms. The van der Waals surface area contributed by atoms with Gasteiger partial charge in [-0.05, 0) is 36.8 Å². The summed E-state index contributed by atoms with van der Waals surface area (Å²) in [6.45, 7) is 12.4. The van der Waals surface area contributed by atoms with Crippen molar-refractivity contribution in [2.75, 3.05) is 50.7 Å². The number of likely N-dealkylation sites (tertiary alicyclic amines) is 1. The zero-order valence-electron chi connectivity index (χ0n) is 19.0. The Morgan fingerprint density at radius 3 is 2.45 bits per heavy atom. The quantitative estimate of drug-likeness (QED) is 0.738. The summed E-state index contributed by atoms with van der Waals surface area (Å²) in [5.41, 5.74) is 1.82. The highest BCUT2D eigenvalue weighted by Crippen LogP contribution is 2.22. The van der Waals surface area contributed by atoms with Gasteiger partial charge in [0.15, 0.2) is 5.82 Å². The van der Waals surface area contributed by atoms with Crippen LogP contribution in [0.15, 0.2) is 30.5 Å². The minimum absolute atomic E-state index is 0.277. The fraction of sp³-hybridized carbons (Fsp3) is 0.583. The summed E-state index contributed by atoms with van der Waals surface area (Å²) in [5, 5.41) is 0. The Morgan fingerprint density at radius 2 is 1.81 bits per heavy atom. The topological polar surface area (TPSA) is 65.5 Å². The number of carbonyl (C=O) groups excluding carboxylic acids is 1. The van der Waals surface area contributed by atoms with Gasteiger partial charge in [-0.25, -0.2) is 9.97 Å². The third kappa shape index (κ3) is 5.39. The second-order valence-corrected chi connectivity index (χ2v) is 9.12. The van der Waals surface area contributed by atoms with E-state index in [1.165, 1.54) is 6.42 Å². The fourth-order valence-corrected chi connectivity index (χ4v) is 4.73. The van der Waals surface area contributed by atoms with Gasteiger partial charge < -0.3 is 9.80 Å². The molecule has 2 atom stereocenters. The molecule has 4 heterocycles. The van der Waals surface area contributed by atoms with Gasteiger partial charge in [0.1, 0.15) is 11.5 Å². The van der Waals surface area contributed by atoms with E-state index in [-0.39, 0.29) is 5.91 Å². The van der Waals surface area contributed by atoms with Gasteiger partial charge in [0, 0.05) is 57.2 Å². The highest BCUT2D eigenvalue weighted by Gasteiger charge is 2.28. The molecule has 2 aliphatic heterocycles. The number of anilines is 1. The third-order valence-electron chi connectivity index (χ3n) is 6.30. The highest BCUT2D eigenvalue weighted by molar-refractivity contribution is 5.78. The summed E-state index contributed by atoms with van der Waals surface area (Å²) in [7, 11) is 0. The molecule has 2 saturated heterocycles. The zero-order chi connectivity index (χ0) is 21.8. The summed E-state index contributed by atoms with van der Waals surface area (Å²) >= 11 is 0. The molecule has 0 bridgehead atoms. The van der Waals surface area contributed by atoms with Crippen LogP contribution in [0.5, 0.6) is 0 Å². The molecular formula is C24H34N6O. The molecule has 2 unspecified atom stereocenters. The van der Waals surface area contributed by atoms with Gasteiger partial charge in [0.2, 0.25) is 5.91 Å². The van der Waals surface area contributed by atoms with Gasteiger partial charge in [0.25, 0.3) is 0 Å². The summed E-state index contributed by atoms with van der Waals surface area (Å²) in [4.78, 5) is 33.4. The lowest BCUT2D eigenvalue weighted by molar-refractivity contribution is -0.135. The van der Waals surface area contributed by atoms with Gasteiger partial charge in [-0.1, -0.05) is 26.8 Å². The first kappa shape index (κ1) is 21.7. The molecule has 7 nitrogen and oxygen atoms in total. The second kappa shape index (κ2) is 9.73. The van der Waals surface area contributed by atoms with Crippen LogP contribution in [-0.4, -0.2) is 76.5 Å². The minimum atomic E-state index is 0.277. The van der Waals surface area contributed by atoms with Crippen LogP contribution in [-0.2, 0) is 11.2 Å². The Morgan fingerprint density at radius 1 is 1.06 bits per heavy atom. The predicted molar refractivity (Wildman–Crippen MR) is 123 cm³/mol. The third-order valence-corrected chi connectivity index (χ3v) is 6.30. The maximum atomic E-state index is 12.8. The lowest BCUT2D eigenvalue weighted by atomic mass is 9.92. The van der Waals surface area contributed by atoms with Crippen molar-refractivity contribution in [3.05, 3.63) is 36.2 Å². The molecule has 1 amide bonds. The Balaban J connectivity index is 1.38. The number of piperidine rings is 1. The van der Waals surface area contributed by atoms with Crippen LogP contribution in [0.1, 0.15) is 32.9 Å². The maximum absolute atomic E-state index is 12.8. The van der Waals surface area contributed by atoms with E-state index >= 15 is 0 Å². The molecule has 2 aliphatic rings. The molecule has 166 valence electrons. The van der Waals surface area contributed by atoms with E-state index in [0.29, 0.717) is 24.2 Å². The lowest BCUT2D eigenvalue weighted by Crippen LogP contribution is -2.52. The largest absolute Gasteiger partial charge is 0.354 e. The molecule has 31 heavy (non-hydrogen) atoms. The monoisotopic (exact) mass is 422 g/mol. The maximum Gasteiger partial charge on any atom is 0.236 e. The Kier molecular flexibility index (Phi) is 6.80. The molecule has 0 aromatic carbocycles. The van der Waals surface area contributed by atoms with Crippen molar-refractivity contribution in [3.63, 3.8) is 0 Å². The molecule has 0 aliphatic carbocycles. The smallest absolute Gasteiger partial charge is 0.236 e. The van der Waals surface area contributed by atoms with Crippen molar-refractivity contribution < 1.29 is 4.79 Å². The average Bonchev–Trinajstić information content (AvgIpc) is 2.79. The average molecular weight is 423 g/mol. The fourth-order valence-electron chi connectivity index (χ4n) is 4.73. The van der Waals surface area contributed by atoms with E-state index < -0.39 is 0 Å². The van der Waals surface area contributed by atoms with E-state index in [4.69, 9.17) is 4.98 Å². The van der Waals surface area contributed by atoms with Gasteiger partial charge in [-0.15, -0.1) is 0 Å². The number of nitrogens with zero attached hydrogens (tertiary/aromatic N) is 6. The number of aromatic nitrogens is 3. The van der Waals surface area contributed by atoms with Gasteiger partial charge in [0.05, 0.1) is 6.54 Å². The molecule has 2 aromatic rings. The van der Waals surface area contributed by atoms with Crippen LogP contribution < -0.4 is 4.90 Å². The zero-order valence-corrected chi connectivity index (χ0v) is 19.0. The van der Waals surface area contributed by atoms with Crippen LogP contribution in [0.25, 0.3) is 11.5 Å². The van der Waals surface area contributed by atoms with Crippen molar-refractivity contribution in [1.29, 1.82) is 0 Å². The Bertz CT molecular complexity index is 871. The molecule has 0 radical (unpaired) electrons. The molecule has 4 rings (SSSR count). The molecule has 2 aromatic heterocycles. The van der Waals surface area contributed by atoms with E-state index in [2.05, 4.69) is 51.5 Å². The van der Waals surface area contributed by atoms with Gasteiger partial charge in [-0.3, -0.25) is 14.7 Å². The van der Waals surface area contributed by atoms with E-state index in [9.17, 15) is 4.79 Å². The Hall–Kier alpha value is -2.54. The molecule has 2 fully saturated rings. The van der Waals surface area contributed by atoms with Crippen molar-refractivity contribution >= 4 is 11.7 Å². The number of hydrogen-bond acceptors (Lipinski definition) is 6. The van der Waals surface area contributed by atoms with Crippen LogP contribution >= 0.6 is 0 Å². The number of aryl methyl sites for hydroxylation is 1. The number of rotatable bonds is 5. The van der Waals surface area contributed by atoms with E-state index in [1.54, 1.807) is 6.20 Å². The number of hydrogen-bond donors (Lipinski definition) is 0. The highest BCUT2D eigenvalue weighted by atomic mass is 16.2. The summed E-state index contributed by atoms with van der Waals surface area (Å²) in [5.74, 6) is 3.12. The number of amides is 1. The van der Waals surface area contributed by atoms with Crippen molar-refractivity contribution in [2.24, 2.45) is 11.8 Å². The number of piperazine rings is 1. The first-order valence-electron chi connectivity index (χ1n) is 11.6. The standard InChI is InChI=1S/C24H34N6O/c1-4-20-14-22(27-24(26-20)21-7-5-6-8-25-21)29-11-9-28(10-12-29)17-23(31)30-15-18(2)13-19(3)16-30/h5-8,14,18-19H,4,9-13,15-17H2,1-3H3. The summed E-state index contributed by atoms with van der Waals surface area (Å²) in [6.07, 6.45) is 3.86. The second-order valence-electron chi connectivity index (χ2n) is 9.12. The van der Waals surface area contributed by atoms with E-state index in [1.807, 2.05) is 18.2 Å². The number of pyridine rings is 1. The van der Waals surface area contributed by atoms with Gasteiger partial charge >= 0.3 is 0 Å². The first-order valence-corrected chi connectivity index (χ1v) is 11.6. The molecule has 0 spiro atoms. The molecule has 0 N–H and O–H groups in total.